The van der Waals surface area contributed by atoms with Crippen molar-refractivity contribution in [2.45, 2.75) is 31.7 Å². The van der Waals surface area contributed by atoms with E-state index >= 15 is 0 Å². The SMILES string of the molecule is CC1CCN(S(=O)(=O)c2cc(CN)c(Cl)cc2Cl)CC1C. The van der Waals surface area contributed by atoms with Crippen molar-refractivity contribution in [1.82, 2.24) is 4.31 Å². The monoisotopic (exact) mass is 350 g/mol. The highest BCUT2D eigenvalue weighted by Gasteiger charge is 2.33. The van der Waals surface area contributed by atoms with Crippen molar-refractivity contribution < 1.29 is 8.42 Å². The molecule has 1 aromatic carbocycles. The van der Waals surface area contributed by atoms with Gasteiger partial charge in [-0.25, -0.2) is 8.42 Å². The van der Waals surface area contributed by atoms with E-state index in [1.54, 1.807) is 0 Å². The van der Waals surface area contributed by atoms with Crippen LogP contribution in [0, 0.1) is 11.8 Å². The molecule has 1 aliphatic rings. The van der Waals surface area contributed by atoms with Gasteiger partial charge in [0.15, 0.2) is 0 Å². The summed E-state index contributed by atoms with van der Waals surface area (Å²) in [6.07, 6.45) is 0.856. The molecule has 1 fully saturated rings. The molecule has 0 aliphatic carbocycles. The number of hydrogen-bond donors (Lipinski definition) is 1. The van der Waals surface area contributed by atoms with Crippen LogP contribution in [0.4, 0.5) is 0 Å². The lowest BCUT2D eigenvalue weighted by atomic mass is 9.90. The fourth-order valence-electron chi connectivity index (χ4n) is 2.51. The quantitative estimate of drug-likeness (QED) is 0.910. The van der Waals surface area contributed by atoms with Crippen LogP contribution < -0.4 is 5.73 Å². The van der Waals surface area contributed by atoms with Gasteiger partial charge in [-0.15, -0.1) is 0 Å². The van der Waals surface area contributed by atoms with Gasteiger partial charge < -0.3 is 5.73 Å². The van der Waals surface area contributed by atoms with E-state index in [0.29, 0.717) is 35.5 Å². The van der Waals surface area contributed by atoms with Crippen LogP contribution in [-0.2, 0) is 16.6 Å². The van der Waals surface area contributed by atoms with Gasteiger partial charge in [-0.3, -0.25) is 0 Å². The van der Waals surface area contributed by atoms with Crippen molar-refractivity contribution in [3.63, 3.8) is 0 Å². The van der Waals surface area contributed by atoms with Crippen molar-refractivity contribution in [1.29, 1.82) is 0 Å². The molecular formula is C14H20Cl2N2O2S. The summed E-state index contributed by atoms with van der Waals surface area (Å²) in [7, 11) is -3.61. The van der Waals surface area contributed by atoms with E-state index in [1.165, 1.54) is 16.4 Å². The Bertz CT molecular complexity index is 634. The smallest absolute Gasteiger partial charge is 0.244 e. The Kier molecular flexibility index (Phi) is 5.21. The standard InChI is InChI=1S/C14H20Cl2N2O2S/c1-9-3-4-18(8-10(9)2)21(19,20)14-5-11(7-17)12(15)6-13(14)16/h5-6,9-10H,3-4,7-8,17H2,1-2H3. The van der Waals surface area contributed by atoms with E-state index in [0.717, 1.165) is 6.42 Å². The first-order chi connectivity index (χ1) is 9.77. The van der Waals surface area contributed by atoms with Crippen LogP contribution in [0.1, 0.15) is 25.8 Å². The highest BCUT2D eigenvalue weighted by Crippen LogP contribution is 2.33. The van der Waals surface area contributed by atoms with Gasteiger partial charge in [0.05, 0.1) is 5.02 Å². The molecule has 2 unspecified atom stereocenters. The molecule has 1 heterocycles. The van der Waals surface area contributed by atoms with Crippen molar-refractivity contribution >= 4 is 33.2 Å². The first kappa shape index (κ1) is 17.0. The fourth-order valence-corrected chi connectivity index (χ4v) is 4.91. The van der Waals surface area contributed by atoms with E-state index in [2.05, 4.69) is 13.8 Å². The number of hydrogen-bond acceptors (Lipinski definition) is 3. The predicted octanol–water partition coefficient (Wildman–Crippen LogP) is 3.12. The molecule has 21 heavy (non-hydrogen) atoms. The van der Waals surface area contributed by atoms with Crippen molar-refractivity contribution in [3.8, 4) is 0 Å². The van der Waals surface area contributed by atoms with E-state index in [4.69, 9.17) is 28.9 Å². The lowest BCUT2D eigenvalue weighted by Gasteiger charge is -2.34. The van der Waals surface area contributed by atoms with E-state index in [-0.39, 0.29) is 16.5 Å². The van der Waals surface area contributed by atoms with E-state index < -0.39 is 10.0 Å². The second-order valence-corrected chi connectivity index (χ2v) is 8.41. The van der Waals surface area contributed by atoms with Crippen LogP contribution in [0.15, 0.2) is 17.0 Å². The molecule has 1 aromatic rings. The number of benzene rings is 1. The highest BCUT2D eigenvalue weighted by molar-refractivity contribution is 7.89. The Labute approximate surface area is 136 Å². The van der Waals surface area contributed by atoms with Crippen molar-refractivity contribution in [2.24, 2.45) is 17.6 Å². The molecule has 7 heteroatoms. The molecule has 2 rings (SSSR count). The fraction of sp³-hybridized carbons (Fsp3) is 0.571. The van der Waals surface area contributed by atoms with Gasteiger partial charge in [0.25, 0.3) is 0 Å². The average Bonchev–Trinajstić information content (AvgIpc) is 2.41. The Balaban J connectivity index is 2.40. The minimum atomic E-state index is -3.61. The van der Waals surface area contributed by atoms with E-state index in [1.807, 2.05) is 0 Å². The van der Waals surface area contributed by atoms with Crippen molar-refractivity contribution in [3.05, 3.63) is 27.7 Å². The molecule has 0 saturated carbocycles. The van der Waals surface area contributed by atoms with Gasteiger partial charge in [-0.1, -0.05) is 37.0 Å². The number of rotatable bonds is 3. The Morgan fingerprint density at radius 1 is 1.24 bits per heavy atom. The molecule has 1 aliphatic heterocycles. The molecule has 1 saturated heterocycles. The number of piperidine rings is 1. The summed E-state index contributed by atoms with van der Waals surface area (Å²) in [4.78, 5) is 0.0933. The number of nitrogens with zero attached hydrogens (tertiary/aromatic N) is 1. The Morgan fingerprint density at radius 2 is 1.90 bits per heavy atom. The molecule has 0 aromatic heterocycles. The molecule has 4 nitrogen and oxygen atoms in total. The predicted molar refractivity (Wildman–Crippen MR) is 86.1 cm³/mol. The van der Waals surface area contributed by atoms with Crippen molar-refractivity contribution in [2.75, 3.05) is 13.1 Å². The van der Waals surface area contributed by atoms with Gasteiger partial charge in [-0.2, -0.15) is 4.31 Å². The van der Waals surface area contributed by atoms with Crippen LogP contribution in [0.2, 0.25) is 10.0 Å². The summed E-state index contributed by atoms with van der Waals surface area (Å²) in [6, 6.07) is 2.94. The third-order valence-corrected chi connectivity index (χ3v) is 6.92. The summed E-state index contributed by atoms with van der Waals surface area (Å²) in [5, 5.41) is 0.533. The van der Waals surface area contributed by atoms with Crippen LogP contribution in [0.25, 0.3) is 0 Å². The van der Waals surface area contributed by atoms with Crippen LogP contribution in [-0.4, -0.2) is 25.8 Å². The van der Waals surface area contributed by atoms with E-state index in [9.17, 15) is 8.42 Å². The Morgan fingerprint density at radius 3 is 2.48 bits per heavy atom. The Hall–Kier alpha value is -0.330. The molecule has 0 radical (unpaired) electrons. The zero-order chi connectivity index (χ0) is 15.8. The minimum absolute atomic E-state index is 0.0933. The minimum Gasteiger partial charge on any atom is -0.326 e. The lowest BCUT2D eigenvalue weighted by Crippen LogP contribution is -2.42. The molecule has 0 bridgehead atoms. The molecule has 0 spiro atoms. The molecule has 0 amide bonds. The third-order valence-electron chi connectivity index (χ3n) is 4.24. The second-order valence-electron chi connectivity index (χ2n) is 5.68. The molecular weight excluding hydrogens is 331 g/mol. The lowest BCUT2D eigenvalue weighted by molar-refractivity contribution is 0.212. The summed E-state index contributed by atoms with van der Waals surface area (Å²) in [5.74, 6) is 0.852. The first-order valence-corrected chi connectivity index (χ1v) is 9.15. The summed E-state index contributed by atoms with van der Waals surface area (Å²) >= 11 is 12.1. The number of nitrogens with two attached hydrogens (primary N) is 1. The maximum absolute atomic E-state index is 12.8. The summed E-state index contributed by atoms with van der Waals surface area (Å²) in [5.41, 5.74) is 6.18. The maximum Gasteiger partial charge on any atom is 0.244 e. The zero-order valence-corrected chi connectivity index (χ0v) is 14.5. The van der Waals surface area contributed by atoms with Gasteiger partial charge >= 0.3 is 0 Å². The van der Waals surface area contributed by atoms with Gasteiger partial charge in [0.1, 0.15) is 4.90 Å². The van der Waals surface area contributed by atoms with Gasteiger partial charge in [-0.05, 0) is 36.0 Å². The van der Waals surface area contributed by atoms with Gasteiger partial charge in [0.2, 0.25) is 10.0 Å². The zero-order valence-electron chi connectivity index (χ0n) is 12.1. The number of sulfonamides is 1. The van der Waals surface area contributed by atoms with Crippen LogP contribution >= 0.6 is 23.2 Å². The highest BCUT2D eigenvalue weighted by atomic mass is 35.5. The third kappa shape index (κ3) is 3.37. The summed E-state index contributed by atoms with van der Waals surface area (Å²) in [6.45, 7) is 5.43. The normalized spacial score (nSPS) is 24.2. The topological polar surface area (TPSA) is 63.4 Å². The van der Waals surface area contributed by atoms with Gasteiger partial charge in [0, 0.05) is 24.7 Å². The maximum atomic E-state index is 12.8. The van der Waals surface area contributed by atoms with Crippen LogP contribution in [0.5, 0.6) is 0 Å². The number of halogens is 2. The molecule has 118 valence electrons. The summed E-state index contributed by atoms with van der Waals surface area (Å²) < 4.78 is 27.1. The molecule has 2 N–H and O–H groups in total. The second kappa shape index (κ2) is 6.42. The largest absolute Gasteiger partial charge is 0.326 e. The average molecular weight is 351 g/mol. The molecule has 2 atom stereocenters. The van der Waals surface area contributed by atoms with Crippen LogP contribution in [0.3, 0.4) is 0 Å². The first-order valence-electron chi connectivity index (χ1n) is 6.95.